The summed E-state index contributed by atoms with van der Waals surface area (Å²) in [6, 6.07) is 8.64. The quantitative estimate of drug-likeness (QED) is 0.847. The Morgan fingerprint density at radius 2 is 1.76 bits per heavy atom. The molecule has 1 nitrogen and oxygen atoms in total. The van der Waals surface area contributed by atoms with Gasteiger partial charge in [-0.2, -0.15) is 0 Å². The minimum atomic E-state index is 0.213. The number of halogens is 1. The van der Waals surface area contributed by atoms with E-state index in [2.05, 4.69) is 40.2 Å². The summed E-state index contributed by atoms with van der Waals surface area (Å²) in [5.74, 6) is 0.935. The molecule has 1 aliphatic carbocycles. The Bertz CT molecular complexity index is 327. The molecule has 0 bridgehead atoms. The second kappa shape index (κ2) is 6.55. The van der Waals surface area contributed by atoms with Crippen molar-refractivity contribution in [3.63, 3.8) is 0 Å². The third-order valence-electron chi connectivity index (χ3n) is 3.91. The molecule has 17 heavy (non-hydrogen) atoms. The van der Waals surface area contributed by atoms with Crippen molar-refractivity contribution >= 4 is 15.9 Å². The van der Waals surface area contributed by atoms with Gasteiger partial charge >= 0.3 is 0 Å². The Balaban J connectivity index is 1.80. The molecule has 1 fully saturated rings. The van der Waals surface area contributed by atoms with Crippen molar-refractivity contribution in [3.05, 3.63) is 34.3 Å². The molecule has 0 spiro atoms. The molecule has 94 valence electrons. The fourth-order valence-electron chi connectivity index (χ4n) is 2.77. The Labute approximate surface area is 113 Å². The van der Waals surface area contributed by atoms with Crippen LogP contribution < -0.4 is 5.73 Å². The van der Waals surface area contributed by atoms with Crippen LogP contribution in [0, 0.1) is 5.92 Å². The van der Waals surface area contributed by atoms with E-state index in [9.17, 15) is 0 Å². The van der Waals surface area contributed by atoms with Crippen LogP contribution in [0.2, 0.25) is 0 Å². The average molecular weight is 296 g/mol. The Morgan fingerprint density at radius 3 is 2.41 bits per heavy atom. The Kier molecular flexibility index (Phi) is 5.05. The maximum atomic E-state index is 6.25. The molecule has 0 radical (unpaired) electrons. The van der Waals surface area contributed by atoms with E-state index < -0.39 is 0 Å². The van der Waals surface area contributed by atoms with Crippen LogP contribution in [0.1, 0.15) is 56.6 Å². The zero-order valence-electron chi connectivity index (χ0n) is 10.4. The summed E-state index contributed by atoms with van der Waals surface area (Å²) in [7, 11) is 0. The van der Waals surface area contributed by atoms with Gasteiger partial charge in [-0.3, -0.25) is 0 Å². The first-order valence-corrected chi connectivity index (χ1v) is 7.56. The maximum Gasteiger partial charge on any atom is 0.0294 e. The van der Waals surface area contributed by atoms with Crippen LogP contribution in [0.25, 0.3) is 0 Å². The van der Waals surface area contributed by atoms with Crippen LogP contribution >= 0.6 is 15.9 Å². The van der Waals surface area contributed by atoms with Crippen LogP contribution in [0.3, 0.4) is 0 Å². The molecule has 1 aromatic rings. The molecule has 2 rings (SSSR count). The summed E-state index contributed by atoms with van der Waals surface area (Å²) in [6.45, 7) is 0. The van der Waals surface area contributed by atoms with Crippen molar-refractivity contribution in [3.8, 4) is 0 Å². The zero-order valence-corrected chi connectivity index (χ0v) is 12.0. The van der Waals surface area contributed by atoms with E-state index >= 15 is 0 Å². The lowest BCUT2D eigenvalue weighted by molar-refractivity contribution is 0.324. The van der Waals surface area contributed by atoms with Gasteiger partial charge in [0.05, 0.1) is 0 Å². The largest absolute Gasteiger partial charge is 0.324 e. The van der Waals surface area contributed by atoms with Crippen molar-refractivity contribution in [2.45, 2.75) is 51.0 Å². The first kappa shape index (κ1) is 13.1. The van der Waals surface area contributed by atoms with Gasteiger partial charge in [0.1, 0.15) is 0 Å². The summed E-state index contributed by atoms with van der Waals surface area (Å²) in [5, 5.41) is 0. The van der Waals surface area contributed by atoms with Crippen LogP contribution in [-0.2, 0) is 0 Å². The topological polar surface area (TPSA) is 26.0 Å². The van der Waals surface area contributed by atoms with E-state index in [1.54, 1.807) is 0 Å². The summed E-state index contributed by atoms with van der Waals surface area (Å²) in [5.41, 5.74) is 7.51. The molecular weight excluding hydrogens is 274 g/mol. The van der Waals surface area contributed by atoms with Gasteiger partial charge in [-0.25, -0.2) is 0 Å². The second-order valence-corrected chi connectivity index (χ2v) is 6.16. The predicted octanol–water partition coefficient (Wildman–Crippen LogP) is 4.81. The summed E-state index contributed by atoms with van der Waals surface area (Å²) in [6.07, 6.45) is 9.58. The van der Waals surface area contributed by atoms with Crippen LogP contribution in [0.4, 0.5) is 0 Å². The monoisotopic (exact) mass is 295 g/mol. The molecule has 0 amide bonds. The fraction of sp³-hybridized carbons (Fsp3) is 0.600. The molecule has 0 saturated heterocycles. The van der Waals surface area contributed by atoms with Crippen molar-refractivity contribution in [1.82, 2.24) is 0 Å². The summed E-state index contributed by atoms with van der Waals surface area (Å²) >= 11 is 3.46. The highest BCUT2D eigenvalue weighted by Crippen LogP contribution is 2.29. The highest BCUT2D eigenvalue weighted by atomic mass is 79.9. The van der Waals surface area contributed by atoms with Gasteiger partial charge in [-0.15, -0.1) is 0 Å². The van der Waals surface area contributed by atoms with E-state index in [1.807, 2.05) is 0 Å². The molecule has 0 aromatic heterocycles. The van der Waals surface area contributed by atoms with E-state index in [-0.39, 0.29) is 6.04 Å². The van der Waals surface area contributed by atoms with E-state index in [4.69, 9.17) is 5.73 Å². The van der Waals surface area contributed by atoms with Crippen LogP contribution in [0.5, 0.6) is 0 Å². The minimum Gasteiger partial charge on any atom is -0.324 e. The standard InChI is InChI=1S/C15H22BrN/c16-14-9-7-13(8-10-14)15(17)11-6-12-4-2-1-3-5-12/h7-10,12,15H,1-6,11,17H2. The van der Waals surface area contributed by atoms with Crippen molar-refractivity contribution in [1.29, 1.82) is 0 Å². The molecule has 1 saturated carbocycles. The lowest BCUT2D eigenvalue weighted by Gasteiger charge is -2.23. The van der Waals surface area contributed by atoms with Crippen molar-refractivity contribution in [2.75, 3.05) is 0 Å². The summed E-state index contributed by atoms with van der Waals surface area (Å²) < 4.78 is 1.13. The second-order valence-electron chi connectivity index (χ2n) is 5.24. The minimum absolute atomic E-state index is 0.213. The first-order valence-electron chi connectivity index (χ1n) is 6.77. The zero-order chi connectivity index (χ0) is 12.1. The average Bonchev–Trinajstić information content (AvgIpc) is 2.38. The smallest absolute Gasteiger partial charge is 0.0294 e. The van der Waals surface area contributed by atoms with Gasteiger partial charge < -0.3 is 5.73 Å². The van der Waals surface area contributed by atoms with Crippen LogP contribution in [0.15, 0.2) is 28.7 Å². The number of hydrogen-bond donors (Lipinski definition) is 1. The molecule has 2 heteroatoms. The van der Waals surface area contributed by atoms with E-state index in [0.29, 0.717) is 0 Å². The van der Waals surface area contributed by atoms with Crippen molar-refractivity contribution in [2.24, 2.45) is 11.7 Å². The normalized spacial score (nSPS) is 19.2. The van der Waals surface area contributed by atoms with Gasteiger partial charge in [0, 0.05) is 10.5 Å². The van der Waals surface area contributed by atoms with E-state index in [0.717, 1.165) is 16.8 Å². The van der Waals surface area contributed by atoms with Crippen molar-refractivity contribution < 1.29 is 0 Å². The lowest BCUT2D eigenvalue weighted by Crippen LogP contribution is -2.14. The molecule has 2 N–H and O–H groups in total. The molecule has 0 aliphatic heterocycles. The molecule has 1 atom stereocenters. The summed E-state index contributed by atoms with van der Waals surface area (Å²) in [4.78, 5) is 0. The number of nitrogens with two attached hydrogens (primary N) is 1. The molecule has 1 aromatic carbocycles. The van der Waals surface area contributed by atoms with Gasteiger partial charge in [-0.05, 0) is 36.5 Å². The number of benzene rings is 1. The van der Waals surface area contributed by atoms with Gasteiger partial charge in [-0.1, -0.05) is 60.2 Å². The van der Waals surface area contributed by atoms with E-state index in [1.165, 1.54) is 44.1 Å². The predicted molar refractivity (Wildman–Crippen MR) is 76.9 cm³/mol. The lowest BCUT2D eigenvalue weighted by atomic mass is 9.84. The van der Waals surface area contributed by atoms with Gasteiger partial charge in [0.2, 0.25) is 0 Å². The Hall–Kier alpha value is -0.340. The van der Waals surface area contributed by atoms with Gasteiger partial charge in [0.25, 0.3) is 0 Å². The highest BCUT2D eigenvalue weighted by Gasteiger charge is 2.15. The van der Waals surface area contributed by atoms with Crippen LogP contribution in [-0.4, -0.2) is 0 Å². The van der Waals surface area contributed by atoms with Gasteiger partial charge in [0.15, 0.2) is 0 Å². The third-order valence-corrected chi connectivity index (χ3v) is 4.44. The third kappa shape index (κ3) is 4.11. The molecule has 1 aliphatic rings. The first-order chi connectivity index (χ1) is 8.25. The number of hydrogen-bond acceptors (Lipinski definition) is 1. The molecular formula is C15H22BrN. The number of rotatable bonds is 4. The molecule has 1 unspecified atom stereocenters. The molecule has 0 heterocycles. The fourth-order valence-corrected chi connectivity index (χ4v) is 3.03. The highest BCUT2D eigenvalue weighted by molar-refractivity contribution is 9.10. The SMILES string of the molecule is NC(CCC1CCCCC1)c1ccc(Br)cc1. The maximum absolute atomic E-state index is 6.25. The Morgan fingerprint density at radius 1 is 1.12 bits per heavy atom.